The number of aromatic hydroxyl groups is 1. The van der Waals surface area contributed by atoms with Crippen molar-refractivity contribution in [3.63, 3.8) is 0 Å². The molecular formula is C27H25F2N5O7. The number of nitrogen functional groups attached to an aromatic ring is 1. The maximum atomic E-state index is 15.5. The Balaban J connectivity index is 1.44. The highest BCUT2D eigenvalue weighted by Crippen LogP contribution is 2.42. The molecule has 1 atom stereocenters. The summed E-state index contributed by atoms with van der Waals surface area (Å²) in [5.41, 5.74) is 4.22. The average Bonchev–Trinajstić information content (AvgIpc) is 3.34. The number of amidine groups is 1. The minimum Gasteiger partial charge on any atom is -0.504 e. The minimum absolute atomic E-state index is 0.0419. The summed E-state index contributed by atoms with van der Waals surface area (Å²) in [4.78, 5) is 21.1. The molecule has 1 aliphatic carbocycles. The normalized spacial score (nSPS) is 21.8. The number of aliphatic imine (C=N–C) groups is 1. The maximum absolute atomic E-state index is 15.5. The van der Waals surface area contributed by atoms with Gasteiger partial charge in [0.15, 0.2) is 22.9 Å². The predicted octanol–water partition coefficient (Wildman–Crippen LogP) is 3.31. The highest BCUT2D eigenvalue weighted by molar-refractivity contribution is 5.95. The van der Waals surface area contributed by atoms with Crippen LogP contribution in [0.1, 0.15) is 30.1 Å². The number of nitrogens with two attached hydrogens (primary N) is 1. The van der Waals surface area contributed by atoms with Gasteiger partial charge in [0.1, 0.15) is 29.6 Å². The molecule has 3 aromatic rings. The number of phenolic OH excluding ortho intramolecular Hbond substituents is 1. The van der Waals surface area contributed by atoms with E-state index in [9.17, 15) is 19.4 Å². The van der Waals surface area contributed by atoms with Crippen molar-refractivity contribution >= 4 is 18.0 Å². The molecule has 41 heavy (non-hydrogen) atoms. The van der Waals surface area contributed by atoms with Crippen molar-refractivity contribution in [3.05, 3.63) is 65.4 Å². The molecule has 14 heteroatoms. The standard InChI is InChI=1S/C27H25F2N5O7/c1-34-7-6-32-24(34)16-9-14(39-15-10-27(38,11-15)26(36)37)3-5-19(16)40-22-17(28)12-33-25(21(22)29)41-20-8-13(23(30)31)2-4-18(20)35/h2-6,8-9,12,15,24,35,38H,7,10-11H2,1H3,(H3,30,31)(H,36,37). The highest BCUT2D eigenvalue weighted by Gasteiger charge is 2.50. The molecule has 1 saturated carbocycles. The lowest BCUT2D eigenvalue weighted by Gasteiger charge is -2.39. The van der Waals surface area contributed by atoms with Crippen LogP contribution in [0.25, 0.3) is 0 Å². The first-order chi connectivity index (χ1) is 19.4. The third kappa shape index (κ3) is 5.47. The molecule has 1 unspecified atom stereocenters. The number of aromatic nitrogens is 1. The van der Waals surface area contributed by atoms with Crippen LogP contribution in [0.5, 0.6) is 34.6 Å². The fourth-order valence-electron chi connectivity index (χ4n) is 4.42. The van der Waals surface area contributed by atoms with Crippen molar-refractivity contribution in [2.75, 3.05) is 13.6 Å². The van der Waals surface area contributed by atoms with Crippen LogP contribution in [0.4, 0.5) is 8.78 Å². The van der Waals surface area contributed by atoms with Crippen molar-refractivity contribution in [1.82, 2.24) is 9.88 Å². The number of hydrogen-bond donors (Lipinski definition) is 5. The number of hydrogen-bond acceptors (Lipinski definition) is 10. The summed E-state index contributed by atoms with van der Waals surface area (Å²) in [5.74, 6) is -5.90. The minimum atomic E-state index is -1.84. The lowest BCUT2D eigenvalue weighted by Crippen LogP contribution is -2.55. The Morgan fingerprint density at radius 2 is 1.93 bits per heavy atom. The van der Waals surface area contributed by atoms with Gasteiger partial charge < -0.3 is 35.3 Å². The zero-order chi connectivity index (χ0) is 29.5. The molecule has 1 fully saturated rings. The first-order valence-electron chi connectivity index (χ1n) is 12.3. The molecule has 2 heterocycles. The van der Waals surface area contributed by atoms with Gasteiger partial charge in [0, 0.05) is 36.7 Å². The Morgan fingerprint density at radius 3 is 2.59 bits per heavy atom. The number of carboxylic acids is 1. The second kappa shape index (κ2) is 10.6. The largest absolute Gasteiger partial charge is 0.504 e. The molecule has 0 spiro atoms. The Hall–Kier alpha value is -4.82. The van der Waals surface area contributed by atoms with Crippen LogP contribution in [-0.2, 0) is 4.79 Å². The first kappa shape index (κ1) is 27.7. The van der Waals surface area contributed by atoms with Crippen molar-refractivity contribution < 1.29 is 43.1 Å². The van der Waals surface area contributed by atoms with Crippen LogP contribution in [0.15, 0.2) is 47.6 Å². The number of nitrogens with one attached hydrogen (secondary N) is 1. The predicted molar refractivity (Wildman–Crippen MR) is 140 cm³/mol. The Morgan fingerprint density at radius 1 is 1.17 bits per heavy atom. The molecule has 1 aromatic heterocycles. The third-order valence-electron chi connectivity index (χ3n) is 6.71. The Labute approximate surface area is 231 Å². The van der Waals surface area contributed by atoms with Crippen LogP contribution >= 0.6 is 0 Å². The van der Waals surface area contributed by atoms with E-state index in [0.29, 0.717) is 24.1 Å². The quantitative estimate of drug-likeness (QED) is 0.189. The number of pyridine rings is 1. The third-order valence-corrected chi connectivity index (χ3v) is 6.71. The second-order valence-corrected chi connectivity index (χ2v) is 9.68. The first-order valence-corrected chi connectivity index (χ1v) is 12.3. The highest BCUT2D eigenvalue weighted by atomic mass is 19.1. The number of benzene rings is 2. The molecule has 214 valence electrons. The van der Waals surface area contributed by atoms with Crippen LogP contribution < -0.4 is 19.9 Å². The van der Waals surface area contributed by atoms with Gasteiger partial charge in [0.2, 0.25) is 11.6 Å². The molecule has 1 aliphatic heterocycles. The van der Waals surface area contributed by atoms with E-state index in [1.807, 2.05) is 4.90 Å². The van der Waals surface area contributed by atoms with Gasteiger partial charge in [-0.2, -0.15) is 4.39 Å². The van der Waals surface area contributed by atoms with E-state index in [-0.39, 0.29) is 35.7 Å². The van der Waals surface area contributed by atoms with Crippen molar-refractivity contribution in [1.29, 1.82) is 5.41 Å². The van der Waals surface area contributed by atoms with Crippen molar-refractivity contribution in [3.8, 4) is 34.6 Å². The van der Waals surface area contributed by atoms with Gasteiger partial charge in [0.05, 0.1) is 6.20 Å². The Kier molecular flexibility index (Phi) is 7.19. The number of aliphatic hydroxyl groups is 1. The molecule has 12 nitrogen and oxygen atoms in total. The van der Waals surface area contributed by atoms with Gasteiger partial charge in [0.25, 0.3) is 5.88 Å². The number of aliphatic carboxylic acids is 1. The van der Waals surface area contributed by atoms with E-state index in [1.165, 1.54) is 30.3 Å². The van der Waals surface area contributed by atoms with Crippen LogP contribution in [0, 0.1) is 17.0 Å². The number of ether oxygens (including phenoxy) is 3. The van der Waals surface area contributed by atoms with E-state index in [4.69, 9.17) is 30.5 Å². The molecule has 0 bridgehead atoms. The van der Waals surface area contributed by atoms with E-state index < -0.39 is 52.9 Å². The Bertz CT molecular complexity index is 1560. The molecule has 6 N–H and O–H groups in total. The van der Waals surface area contributed by atoms with Gasteiger partial charge in [-0.3, -0.25) is 15.3 Å². The molecule has 0 amide bonds. The van der Waals surface area contributed by atoms with Gasteiger partial charge >= 0.3 is 5.97 Å². The second-order valence-electron chi connectivity index (χ2n) is 9.68. The van der Waals surface area contributed by atoms with Crippen LogP contribution in [0.2, 0.25) is 0 Å². The topological polar surface area (TPSA) is 184 Å². The lowest BCUT2D eigenvalue weighted by atomic mass is 9.77. The number of rotatable bonds is 9. The summed E-state index contributed by atoms with van der Waals surface area (Å²) in [7, 11) is 1.79. The molecular weight excluding hydrogens is 544 g/mol. The summed E-state index contributed by atoms with van der Waals surface area (Å²) in [6, 6.07) is 8.24. The van der Waals surface area contributed by atoms with Crippen LogP contribution in [0.3, 0.4) is 0 Å². The molecule has 5 rings (SSSR count). The average molecular weight is 570 g/mol. The van der Waals surface area contributed by atoms with E-state index >= 15 is 4.39 Å². The van der Waals surface area contributed by atoms with Gasteiger partial charge in [-0.25, -0.2) is 14.2 Å². The van der Waals surface area contributed by atoms with Gasteiger partial charge in [-0.15, -0.1) is 0 Å². The summed E-state index contributed by atoms with van der Waals surface area (Å²) in [5, 5.41) is 36.8. The fourth-order valence-corrected chi connectivity index (χ4v) is 4.42. The SMILES string of the molecule is CN1CC=NC1c1cc(OC2CC(O)(C(=O)O)C2)ccc1Oc1c(F)cnc(Oc2cc(C(=N)N)ccc2O)c1F. The molecule has 2 aromatic carbocycles. The molecule has 0 radical (unpaired) electrons. The van der Waals surface area contributed by atoms with Crippen LogP contribution in [-0.4, -0.2) is 68.5 Å². The summed E-state index contributed by atoms with van der Waals surface area (Å²) in [6.07, 6.45) is 1.03. The van der Waals surface area contributed by atoms with Gasteiger partial charge in [-0.1, -0.05) is 0 Å². The summed E-state index contributed by atoms with van der Waals surface area (Å²) in [6.45, 7) is 0.502. The summed E-state index contributed by atoms with van der Waals surface area (Å²) < 4.78 is 47.2. The number of nitrogens with zero attached hydrogens (tertiary/aromatic N) is 3. The zero-order valence-electron chi connectivity index (χ0n) is 21.5. The number of halogens is 2. The monoisotopic (exact) mass is 569 g/mol. The molecule has 0 saturated heterocycles. The summed E-state index contributed by atoms with van der Waals surface area (Å²) >= 11 is 0. The van der Waals surface area contributed by atoms with Crippen molar-refractivity contribution in [2.45, 2.75) is 30.7 Å². The molecule has 2 aliphatic rings. The maximum Gasteiger partial charge on any atom is 0.335 e. The fraction of sp³-hybridized carbons (Fsp3) is 0.259. The van der Waals surface area contributed by atoms with E-state index in [1.54, 1.807) is 19.3 Å². The lowest BCUT2D eigenvalue weighted by molar-refractivity contribution is -0.178. The van der Waals surface area contributed by atoms with E-state index in [2.05, 4.69) is 9.98 Å². The smallest absolute Gasteiger partial charge is 0.335 e. The number of carbonyl (C=O) groups is 1. The number of phenols is 1. The zero-order valence-corrected chi connectivity index (χ0v) is 21.5. The van der Waals surface area contributed by atoms with Crippen molar-refractivity contribution in [2.24, 2.45) is 10.7 Å². The van der Waals surface area contributed by atoms with E-state index in [0.717, 1.165) is 0 Å². The number of carboxylic acid groups (broad SMARTS) is 1. The van der Waals surface area contributed by atoms with Gasteiger partial charge in [-0.05, 0) is 43.4 Å².